The maximum atomic E-state index is 13.5. The third-order valence-corrected chi connectivity index (χ3v) is 6.91. The van der Waals surface area contributed by atoms with Crippen molar-refractivity contribution in [3.05, 3.63) is 108 Å². The first-order valence-corrected chi connectivity index (χ1v) is 12.8. The third kappa shape index (κ3) is 4.74. The Hall–Kier alpha value is -4.55. The van der Waals surface area contributed by atoms with Gasteiger partial charge in [-0.1, -0.05) is 72.8 Å². The van der Waals surface area contributed by atoms with E-state index in [1.807, 2.05) is 72.9 Å². The van der Waals surface area contributed by atoms with Gasteiger partial charge in [0.2, 0.25) is 0 Å². The van der Waals surface area contributed by atoms with Gasteiger partial charge in [0.25, 0.3) is 5.91 Å². The van der Waals surface area contributed by atoms with Crippen molar-refractivity contribution in [3.8, 4) is 33.8 Å². The number of aromatic amines is 1. The van der Waals surface area contributed by atoms with Crippen molar-refractivity contribution in [2.75, 3.05) is 19.8 Å². The highest BCUT2D eigenvalue weighted by molar-refractivity contribution is 5.99. The molecule has 1 aliphatic rings. The lowest BCUT2D eigenvalue weighted by atomic mass is 9.97. The zero-order chi connectivity index (χ0) is 25.9. The van der Waals surface area contributed by atoms with E-state index >= 15 is 0 Å². The maximum absolute atomic E-state index is 13.5. The molecule has 0 spiro atoms. The Kier molecular flexibility index (Phi) is 6.54. The van der Waals surface area contributed by atoms with Crippen LogP contribution in [-0.4, -0.2) is 41.9 Å². The monoisotopic (exact) mass is 504 g/mol. The number of amides is 1. The molecule has 2 heterocycles. The van der Waals surface area contributed by atoms with Gasteiger partial charge in [-0.05, 0) is 52.4 Å². The molecule has 1 amide bonds. The van der Waals surface area contributed by atoms with Crippen LogP contribution in [0, 0.1) is 0 Å². The number of hydrogen-bond acceptors (Lipinski definition) is 4. The average Bonchev–Trinajstić information content (AvgIpc) is 3.39. The first-order valence-electron chi connectivity index (χ1n) is 12.8. The second-order valence-electron chi connectivity index (χ2n) is 9.41. The molecule has 5 aromatic rings. The van der Waals surface area contributed by atoms with E-state index in [1.54, 1.807) is 0 Å². The zero-order valence-corrected chi connectivity index (χ0v) is 20.8. The van der Waals surface area contributed by atoms with Crippen molar-refractivity contribution in [1.29, 1.82) is 0 Å². The minimum atomic E-state index is -0.462. The van der Waals surface area contributed by atoms with Crippen LogP contribution in [0.5, 0.6) is 11.5 Å². The lowest BCUT2D eigenvalue weighted by Gasteiger charge is -2.23. The summed E-state index contributed by atoms with van der Waals surface area (Å²) in [5.41, 5.74) is 6.54. The van der Waals surface area contributed by atoms with Crippen LogP contribution in [0.4, 0.5) is 0 Å². The Balaban J connectivity index is 1.28. The van der Waals surface area contributed by atoms with E-state index in [1.165, 1.54) is 0 Å². The summed E-state index contributed by atoms with van der Waals surface area (Å²) in [5.74, 6) is 0.666. The minimum absolute atomic E-state index is 0.189. The van der Waals surface area contributed by atoms with Gasteiger partial charge in [0.1, 0.15) is 13.2 Å². The second-order valence-corrected chi connectivity index (χ2v) is 9.41. The van der Waals surface area contributed by atoms with E-state index < -0.39 is 6.04 Å². The first kappa shape index (κ1) is 23.8. The summed E-state index contributed by atoms with van der Waals surface area (Å²) >= 11 is 0. The minimum Gasteiger partial charge on any atom is -0.486 e. The van der Waals surface area contributed by atoms with Crippen molar-refractivity contribution in [3.63, 3.8) is 0 Å². The summed E-state index contributed by atoms with van der Waals surface area (Å²) in [4.78, 5) is 16.8. The number of aliphatic hydroxyl groups excluding tert-OH is 1. The molecule has 0 saturated carbocycles. The Labute approximate surface area is 220 Å². The quantitative estimate of drug-likeness (QED) is 0.269. The van der Waals surface area contributed by atoms with Gasteiger partial charge in [-0.2, -0.15) is 0 Å². The molecule has 3 N–H and O–H groups in total. The van der Waals surface area contributed by atoms with Gasteiger partial charge in [-0.25, -0.2) is 0 Å². The van der Waals surface area contributed by atoms with Crippen LogP contribution in [0.15, 0.2) is 97.2 Å². The van der Waals surface area contributed by atoms with Gasteiger partial charge < -0.3 is 24.9 Å². The Morgan fingerprint density at radius 3 is 2.32 bits per heavy atom. The molecule has 4 aromatic carbocycles. The van der Waals surface area contributed by atoms with Gasteiger partial charge in [0, 0.05) is 17.1 Å². The molecule has 1 aromatic heterocycles. The van der Waals surface area contributed by atoms with E-state index in [0.717, 1.165) is 38.7 Å². The van der Waals surface area contributed by atoms with Crippen molar-refractivity contribution >= 4 is 16.8 Å². The molecule has 0 radical (unpaired) electrons. The fraction of sp³-hybridized carbons (Fsp3) is 0.156. The average molecular weight is 505 g/mol. The van der Waals surface area contributed by atoms with Gasteiger partial charge >= 0.3 is 0 Å². The molecule has 6 heteroatoms. The summed E-state index contributed by atoms with van der Waals surface area (Å²) in [5, 5.41) is 14.2. The molecule has 0 fully saturated rings. The van der Waals surface area contributed by atoms with Crippen molar-refractivity contribution in [2.45, 2.75) is 12.5 Å². The SMILES string of the molecule is O=C(N[C@@H](CO)Cc1c[nH]c2ccccc12)c1cc(-c2ccc(-c3ccccc3)cc2)cc2c1OCCO2. The fourth-order valence-electron chi connectivity index (χ4n) is 4.97. The Morgan fingerprint density at radius 1 is 0.842 bits per heavy atom. The Bertz CT molecular complexity index is 1570. The van der Waals surface area contributed by atoms with Crippen molar-refractivity contribution in [2.24, 2.45) is 0 Å². The number of benzene rings is 4. The topological polar surface area (TPSA) is 83.6 Å². The first-order chi connectivity index (χ1) is 18.7. The van der Waals surface area contributed by atoms with Crippen LogP contribution in [0.25, 0.3) is 33.2 Å². The molecule has 0 bridgehead atoms. The number of fused-ring (bicyclic) bond motifs is 2. The largest absolute Gasteiger partial charge is 0.486 e. The molecule has 0 unspecified atom stereocenters. The number of hydrogen-bond donors (Lipinski definition) is 3. The van der Waals surface area contributed by atoms with Crippen LogP contribution in [-0.2, 0) is 6.42 Å². The normalized spacial score (nSPS) is 13.3. The summed E-state index contributed by atoms with van der Waals surface area (Å²) < 4.78 is 11.7. The molecule has 6 rings (SSSR count). The van der Waals surface area contributed by atoms with Crippen LogP contribution in [0.3, 0.4) is 0 Å². The number of nitrogens with one attached hydrogen (secondary N) is 2. The van der Waals surface area contributed by atoms with E-state index in [9.17, 15) is 9.90 Å². The molecule has 1 aliphatic heterocycles. The van der Waals surface area contributed by atoms with Crippen molar-refractivity contribution in [1.82, 2.24) is 10.3 Å². The van der Waals surface area contributed by atoms with Crippen LogP contribution in [0.2, 0.25) is 0 Å². The summed E-state index contributed by atoms with van der Waals surface area (Å²) in [6.45, 7) is 0.604. The van der Waals surface area contributed by atoms with Crippen LogP contribution < -0.4 is 14.8 Å². The number of carbonyl (C=O) groups is 1. The highest BCUT2D eigenvalue weighted by Gasteiger charge is 2.25. The number of aliphatic hydroxyl groups is 1. The van der Waals surface area contributed by atoms with E-state index in [0.29, 0.717) is 36.7 Å². The second kappa shape index (κ2) is 10.4. The number of carbonyl (C=O) groups excluding carboxylic acids is 1. The number of rotatable bonds is 7. The Morgan fingerprint density at radius 2 is 1.53 bits per heavy atom. The maximum Gasteiger partial charge on any atom is 0.255 e. The highest BCUT2D eigenvalue weighted by Crippen LogP contribution is 2.39. The van der Waals surface area contributed by atoms with E-state index in [-0.39, 0.29) is 12.5 Å². The van der Waals surface area contributed by atoms with Crippen LogP contribution in [0.1, 0.15) is 15.9 Å². The molecule has 0 saturated heterocycles. The summed E-state index contributed by atoms with van der Waals surface area (Å²) in [6.07, 6.45) is 2.42. The highest BCUT2D eigenvalue weighted by atomic mass is 16.6. The standard InChI is InChI=1S/C32H28N2O4/c35-20-26(16-25-19-33-29-9-5-4-8-27(25)29)34-32(36)28-17-24(18-30-31(28)38-15-14-37-30)23-12-10-22(11-13-23)21-6-2-1-3-7-21/h1-13,17-19,26,33,35H,14-16,20H2,(H,34,36)/t26-/m1/s1. The molecule has 1 atom stereocenters. The predicted molar refractivity (Wildman–Crippen MR) is 149 cm³/mol. The molecular formula is C32H28N2O4. The zero-order valence-electron chi connectivity index (χ0n) is 20.8. The van der Waals surface area contributed by atoms with Gasteiger partial charge in [-0.15, -0.1) is 0 Å². The lowest BCUT2D eigenvalue weighted by molar-refractivity contribution is 0.0906. The summed E-state index contributed by atoms with van der Waals surface area (Å²) in [7, 11) is 0. The third-order valence-electron chi connectivity index (χ3n) is 6.91. The number of H-pyrrole nitrogens is 1. The number of aromatic nitrogens is 1. The smallest absolute Gasteiger partial charge is 0.255 e. The van der Waals surface area contributed by atoms with E-state index in [2.05, 4.69) is 34.6 Å². The molecular weight excluding hydrogens is 476 g/mol. The molecule has 190 valence electrons. The summed E-state index contributed by atoms with van der Waals surface area (Å²) in [6, 6.07) is 29.7. The molecule has 0 aliphatic carbocycles. The number of ether oxygens (including phenoxy) is 2. The van der Waals surface area contributed by atoms with Gasteiger partial charge in [-0.3, -0.25) is 4.79 Å². The van der Waals surface area contributed by atoms with Crippen molar-refractivity contribution < 1.29 is 19.4 Å². The van der Waals surface area contributed by atoms with Gasteiger partial charge in [0.15, 0.2) is 11.5 Å². The molecule has 6 nitrogen and oxygen atoms in total. The molecule has 38 heavy (non-hydrogen) atoms. The van der Waals surface area contributed by atoms with E-state index in [4.69, 9.17) is 9.47 Å². The lowest BCUT2D eigenvalue weighted by Crippen LogP contribution is -2.39. The van der Waals surface area contributed by atoms with Crippen LogP contribution >= 0.6 is 0 Å². The predicted octanol–water partition coefficient (Wildman–Crippen LogP) is 5.61. The number of para-hydroxylation sites is 1. The van der Waals surface area contributed by atoms with Gasteiger partial charge in [0.05, 0.1) is 18.2 Å². The fourth-order valence-corrected chi connectivity index (χ4v) is 4.97.